The van der Waals surface area contributed by atoms with Gasteiger partial charge in [0.15, 0.2) is 5.96 Å². The molecule has 0 aromatic carbocycles. The average molecular weight is 525 g/mol. The SMILES string of the molecule is CCOC(=O)N1CCN(C(=NC)NCC(C(CC)CC)N2CCOCC2)CC1.I. The Morgan fingerprint density at radius 2 is 1.62 bits per heavy atom. The maximum absolute atomic E-state index is 11.9. The number of nitrogens with one attached hydrogen (secondary N) is 1. The van der Waals surface area contributed by atoms with E-state index in [4.69, 9.17) is 9.47 Å². The van der Waals surface area contributed by atoms with E-state index in [0.29, 0.717) is 31.7 Å². The van der Waals surface area contributed by atoms with Gasteiger partial charge < -0.3 is 24.6 Å². The van der Waals surface area contributed by atoms with Crippen LogP contribution < -0.4 is 5.32 Å². The molecule has 0 bridgehead atoms. The van der Waals surface area contributed by atoms with Gasteiger partial charge in [-0.25, -0.2) is 4.79 Å². The Morgan fingerprint density at radius 3 is 2.14 bits per heavy atom. The van der Waals surface area contributed by atoms with E-state index < -0.39 is 0 Å². The van der Waals surface area contributed by atoms with Crippen LogP contribution in [0.2, 0.25) is 0 Å². The van der Waals surface area contributed by atoms with E-state index in [9.17, 15) is 4.79 Å². The lowest BCUT2D eigenvalue weighted by Gasteiger charge is -2.40. The average Bonchev–Trinajstić information content (AvgIpc) is 2.74. The number of guanidine groups is 1. The lowest BCUT2D eigenvalue weighted by molar-refractivity contribution is 0.00253. The Morgan fingerprint density at radius 1 is 1.03 bits per heavy atom. The molecule has 1 unspecified atom stereocenters. The molecule has 0 saturated carbocycles. The second-order valence-corrected chi connectivity index (χ2v) is 7.39. The number of morpholine rings is 1. The van der Waals surface area contributed by atoms with Gasteiger partial charge in [-0.2, -0.15) is 0 Å². The van der Waals surface area contributed by atoms with Crippen molar-refractivity contribution in [2.45, 2.75) is 39.7 Å². The van der Waals surface area contributed by atoms with Crippen LogP contribution in [0.25, 0.3) is 0 Å². The van der Waals surface area contributed by atoms with Gasteiger partial charge in [0.05, 0.1) is 19.8 Å². The quantitative estimate of drug-likeness (QED) is 0.312. The number of nitrogens with zero attached hydrogens (tertiary/aromatic N) is 4. The number of amides is 1. The summed E-state index contributed by atoms with van der Waals surface area (Å²) >= 11 is 0. The predicted octanol–water partition coefficient (Wildman–Crippen LogP) is 2.09. The maximum Gasteiger partial charge on any atom is 0.409 e. The summed E-state index contributed by atoms with van der Waals surface area (Å²) < 4.78 is 10.7. The number of carbonyl (C=O) groups is 1. The normalized spacial score (nSPS) is 19.7. The van der Waals surface area contributed by atoms with Crippen molar-refractivity contribution in [1.82, 2.24) is 20.0 Å². The molecule has 0 spiro atoms. The Balaban J connectivity index is 0.00000420. The Kier molecular flexibility index (Phi) is 12.9. The van der Waals surface area contributed by atoms with Crippen molar-refractivity contribution in [3.8, 4) is 0 Å². The molecule has 2 saturated heterocycles. The minimum atomic E-state index is -0.216. The number of hydrogen-bond acceptors (Lipinski definition) is 5. The van der Waals surface area contributed by atoms with Gasteiger partial charge in [0.2, 0.25) is 0 Å². The van der Waals surface area contributed by atoms with Crippen LogP contribution in [0, 0.1) is 5.92 Å². The third-order valence-electron chi connectivity index (χ3n) is 5.89. The fraction of sp³-hybridized carbons (Fsp3) is 0.900. The Labute approximate surface area is 193 Å². The fourth-order valence-corrected chi connectivity index (χ4v) is 4.18. The molecule has 2 heterocycles. The highest BCUT2D eigenvalue weighted by Crippen LogP contribution is 2.19. The van der Waals surface area contributed by atoms with E-state index in [2.05, 4.69) is 34.0 Å². The summed E-state index contributed by atoms with van der Waals surface area (Å²) in [7, 11) is 1.83. The molecule has 1 N–H and O–H groups in total. The molecule has 9 heteroatoms. The third-order valence-corrected chi connectivity index (χ3v) is 5.89. The molecule has 1 atom stereocenters. The van der Waals surface area contributed by atoms with Gasteiger partial charge in [-0.05, 0) is 12.8 Å². The molecule has 29 heavy (non-hydrogen) atoms. The lowest BCUT2D eigenvalue weighted by Crippen LogP contribution is -2.57. The molecule has 170 valence electrons. The number of ether oxygens (including phenoxy) is 2. The summed E-state index contributed by atoms with van der Waals surface area (Å²) in [6.07, 6.45) is 2.14. The van der Waals surface area contributed by atoms with Gasteiger partial charge in [-0.3, -0.25) is 9.89 Å². The van der Waals surface area contributed by atoms with Crippen LogP contribution in [0.15, 0.2) is 4.99 Å². The number of rotatable bonds is 7. The summed E-state index contributed by atoms with van der Waals surface area (Å²) in [6, 6.07) is 0.483. The lowest BCUT2D eigenvalue weighted by atomic mass is 9.92. The molecule has 0 aromatic rings. The Hall–Kier alpha value is -0.810. The van der Waals surface area contributed by atoms with E-state index in [1.165, 1.54) is 12.8 Å². The maximum atomic E-state index is 11.9. The van der Waals surface area contributed by atoms with Crippen LogP contribution in [0.5, 0.6) is 0 Å². The molecule has 2 aliphatic rings. The molecular weight excluding hydrogens is 485 g/mol. The minimum absolute atomic E-state index is 0. The van der Waals surface area contributed by atoms with Crippen LogP contribution in [0.1, 0.15) is 33.6 Å². The van der Waals surface area contributed by atoms with Crippen molar-refractivity contribution in [3.05, 3.63) is 0 Å². The van der Waals surface area contributed by atoms with Crippen molar-refractivity contribution in [2.75, 3.05) is 72.7 Å². The topological polar surface area (TPSA) is 69.6 Å². The van der Waals surface area contributed by atoms with Crippen molar-refractivity contribution >= 4 is 36.0 Å². The zero-order chi connectivity index (χ0) is 20.4. The zero-order valence-electron chi connectivity index (χ0n) is 18.6. The summed E-state index contributed by atoms with van der Waals surface area (Å²) in [6.45, 7) is 14.2. The highest BCUT2D eigenvalue weighted by molar-refractivity contribution is 14.0. The first kappa shape index (κ1) is 26.2. The highest BCUT2D eigenvalue weighted by atomic mass is 127. The van der Waals surface area contributed by atoms with Gasteiger partial charge >= 0.3 is 6.09 Å². The van der Waals surface area contributed by atoms with E-state index in [-0.39, 0.29) is 30.1 Å². The van der Waals surface area contributed by atoms with Crippen molar-refractivity contribution in [1.29, 1.82) is 0 Å². The number of hydrogen-bond donors (Lipinski definition) is 1. The number of aliphatic imine (C=N–C) groups is 1. The van der Waals surface area contributed by atoms with Crippen molar-refractivity contribution < 1.29 is 14.3 Å². The first-order chi connectivity index (χ1) is 13.6. The molecule has 1 amide bonds. The van der Waals surface area contributed by atoms with E-state index >= 15 is 0 Å². The zero-order valence-corrected chi connectivity index (χ0v) is 20.9. The predicted molar refractivity (Wildman–Crippen MR) is 127 cm³/mol. The summed E-state index contributed by atoms with van der Waals surface area (Å²) in [5.41, 5.74) is 0. The van der Waals surface area contributed by atoms with Gasteiger partial charge in [0.1, 0.15) is 0 Å². The van der Waals surface area contributed by atoms with E-state index in [1.54, 1.807) is 4.90 Å². The Bertz CT molecular complexity index is 491. The molecular formula is C20H40IN5O3. The van der Waals surface area contributed by atoms with Crippen LogP contribution in [0.3, 0.4) is 0 Å². The monoisotopic (exact) mass is 525 g/mol. The second-order valence-electron chi connectivity index (χ2n) is 7.39. The first-order valence-electron chi connectivity index (χ1n) is 10.8. The van der Waals surface area contributed by atoms with Crippen LogP contribution in [-0.4, -0.2) is 105 Å². The molecule has 8 nitrogen and oxygen atoms in total. The molecule has 2 rings (SSSR count). The second kappa shape index (κ2) is 14.2. The summed E-state index contributed by atoms with van der Waals surface area (Å²) in [4.78, 5) is 23.0. The van der Waals surface area contributed by atoms with Crippen LogP contribution >= 0.6 is 24.0 Å². The smallest absolute Gasteiger partial charge is 0.409 e. The van der Waals surface area contributed by atoms with Crippen molar-refractivity contribution in [2.24, 2.45) is 10.9 Å². The third kappa shape index (κ3) is 7.75. The summed E-state index contributed by atoms with van der Waals surface area (Å²) in [5, 5.41) is 3.61. The van der Waals surface area contributed by atoms with Crippen molar-refractivity contribution in [3.63, 3.8) is 0 Å². The molecule has 0 aromatic heterocycles. The molecule has 0 aliphatic carbocycles. The standard InChI is InChI=1S/C20H39N5O3.HI/c1-5-17(6-2)18(23-12-14-27-15-13-23)16-22-19(21-4)24-8-10-25(11-9-24)20(26)28-7-3;/h17-18H,5-16H2,1-4H3,(H,21,22);1H. The number of halogens is 1. The minimum Gasteiger partial charge on any atom is -0.450 e. The van der Waals surface area contributed by atoms with Crippen LogP contribution in [0.4, 0.5) is 4.79 Å². The number of carbonyl (C=O) groups excluding carboxylic acids is 1. The molecule has 2 fully saturated rings. The number of piperazine rings is 1. The molecule has 0 radical (unpaired) electrons. The first-order valence-corrected chi connectivity index (χ1v) is 10.8. The van der Waals surface area contributed by atoms with Gasteiger partial charge in [0, 0.05) is 58.9 Å². The van der Waals surface area contributed by atoms with Gasteiger partial charge in [-0.15, -0.1) is 24.0 Å². The highest BCUT2D eigenvalue weighted by Gasteiger charge is 2.28. The molecule has 2 aliphatic heterocycles. The van der Waals surface area contributed by atoms with E-state index in [0.717, 1.165) is 51.9 Å². The van der Waals surface area contributed by atoms with Gasteiger partial charge in [0.25, 0.3) is 0 Å². The van der Waals surface area contributed by atoms with Gasteiger partial charge in [-0.1, -0.05) is 26.7 Å². The van der Waals surface area contributed by atoms with Crippen LogP contribution in [-0.2, 0) is 9.47 Å². The largest absolute Gasteiger partial charge is 0.450 e. The fourth-order valence-electron chi connectivity index (χ4n) is 4.18. The van der Waals surface area contributed by atoms with E-state index in [1.807, 2.05) is 14.0 Å². The summed E-state index contributed by atoms with van der Waals surface area (Å²) in [5.74, 6) is 1.58.